The monoisotopic (exact) mass is 493 g/mol. The maximum atomic E-state index is 13.0. The van der Waals surface area contributed by atoms with Gasteiger partial charge >= 0.3 is 0 Å². The van der Waals surface area contributed by atoms with E-state index in [1.807, 2.05) is 62.4 Å². The van der Waals surface area contributed by atoms with Gasteiger partial charge in [-0.3, -0.25) is 14.5 Å². The van der Waals surface area contributed by atoms with Crippen molar-refractivity contribution in [2.45, 2.75) is 27.0 Å². The van der Waals surface area contributed by atoms with Gasteiger partial charge in [-0.25, -0.2) is 0 Å². The van der Waals surface area contributed by atoms with Crippen molar-refractivity contribution in [2.75, 3.05) is 7.11 Å². The summed E-state index contributed by atoms with van der Waals surface area (Å²) in [5, 5.41) is 0.0625. The predicted octanol–water partition coefficient (Wildman–Crippen LogP) is 6.78. The first-order chi connectivity index (χ1) is 16.4. The summed E-state index contributed by atoms with van der Waals surface area (Å²) < 4.78 is 11.4. The minimum Gasteiger partial charge on any atom is -0.493 e. The van der Waals surface area contributed by atoms with Crippen LogP contribution in [0, 0.1) is 13.8 Å². The van der Waals surface area contributed by atoms with Gasteiger partial charge in [0.25, 0.3) is 11.1 Å². The Balaban J connectivity index is 1.53. The maximum Gasteiger partial charge on any atom is 0.293 e. The SMILES string of the molecule is COc1cc(/C=C2\SC(=O)N(Cc3ccccc3C)C2=O)cc(Cl)c1OCc1ccc(C)cc1. The van der Waals surface area contributed by atoms with Crippen LogP contribution in [0.3, 0.4) is 0 Å². The number of amides is 2. The molecule has 0 N–H and O–H groups in total. The van der Waals surface area contributed by atoms with E-state index in [1.165, 1.54) is 17.6 Å². The van der Waals surface area contributed by atoms with Gasteiger partial charge in [0.2, 0.25) is 0 Å². The van der Waals surface area contributed by atoms with Crippen LogP contribution in [0.5, 0.6) is 11.5 Å². The first-order valence-corrected chi connectivity index (χ1v) is 11.9. The van der Waals surface area contributed by atoms with Crippen molar-refractivity contribution in [2.24, 2.45) is 0 Å². The van der Waals surface area contributed by atoms with Crippen LogP contribution in [0.2, 0.25) is 5.02 Å². The summed E-state index contributed by atoms with van der Waals surface area (Å²) in [6, 6.07) is 19.2. The maximum absolute atomic E-state index is 13.0. The fourth-order valence-corrected chi connectivity index (χ4v) is 4.66. The van der Waals surface area contributed by atoms with Gasteiger partial charge in [-0.2, -0.15) is 0 Å². The highest BCUT2D eigenvalue weighted by molar-refractivity contribution is 8.18. The van der Waals surface area contributed by atoms with Crippen molar-refractivity contribution in [1.82, 2.24) is 4.90 Å². The summed E-state index contributed by atoms with van der Waals surface area (Å²) in [5.41, 5.74) is 4.79. The minimum atomic E-state index is -0.326. The highest BCUT2D eigenvalue weighted by Crippen LogP contribution is 2.39. The summed E-state index contributed by atoms with van der Waals surface area (Å²) in [6.45, 7) is 4.57. The highest BCUT2D eigenvalue weighted by Gasteiger charge is 2.35. The molecule has 3 aromatic rings. The molecule has 0 unspecified atom stereocenters. The van der Waals surface area contributed by atoms with E-state index >= 15 is 0 Å². The highest BCUT2D eigenvalue weighted by atomic mass is 35.5. The zero-order valence-electron chi connectivity index (χ0n) is 19.1. The molecule has 7 heteroatoms. The Bertz CT molecular complexity index is 1270. The number of carbonyl (C=O) groups is 2. The molecule has 0 saturated carbocycles. The number of aryl methyl sites for hydroxylation is 2. The molecule has 0 aromatic heterocycles. The lowest BCUT2D eigenvalue weighted by Crippen LogP contribution is -2.27. The van der Waals surface area contributed by atoms with Gasteiger partial charge in [0, 0.05) is 0 Å². The van der Waals surface area contributed by atoms with E-state index < -0.39 is 0 Å². The molecule has 0 aliphatic carbocycles. The number of rotatable bonds is 7. The smallest absolute Gasteiger partial charge is 0.293 e. The number of nitrogens with zero attached hydrogens (tertiary/aromatic N) is 1. The summed E-state index contributed by atoms with van der Waals surface area (Å²) in [4.78, 5) is 27.1. The van der Waals surface area contributed by atoms with E-state index in [4.69, 9.17) is 21.1 Å². The number of hydrogen-bond donors (Lipinski definition) is 0. The van der Waals surface area contributed by atoms with Crippen molar-refractivity contribution >= 4 is 40.6 Å². The molecule has 34 heavy (non-hydrogen) atoms. The molecule has 1 fully saturated rings. The van der Waals surface area contributed by atoms with Crippen molar-refractivity contribution in [3.05, 3.63) is 98.4 Å². The van der Waals surface area contributed by atoms with Crippen molar-refractivity contribution in [1.29, 1.82) is 0 Å². The van der Waals surface area contributed by atoms with E-state index in [2.05, 4.69) is 0 Å². The Morgan fingerprint density at radius 1 is 1.03 bits per heavy atom. The van der Waals surface area contributed by atoms with Crippen molar-refractivity contribution in [3.8, 4) is 11.5 Å². The lowest BCUT2D eigenvalue weighted by Gasteiger charge is -2.14. The Labute approximate surface area is 208 Å². The number of ether oxygens (including phenoxy) is 2. The molecule has 1 saturated heterocycles. The molecule has 0 atom stereocenters. The largest absolute Gasteiger partial charge is 0.493 e. The van der Waals surface area contributed by atoms with Gasteiger partial charge < -0.3 is 9.47 Å². The molecule has 174 valence electrons. The fourth-order valence-electron chi connectivity index (χ4n) is 3.55. The number of methoxy groups -OCH3 is 1. The Kier molecular flexibility index (Phi) is 7.29. The van der Waals surface area contributed by atoms with Crippen LogP contribution >= 0.6 is 23.4 Å². The molecule has 1 heterocycles. The van der Waals surface area contributed by atoms with Gasteiger partial charge in [0.15, 0.2) is 11.5 Å². The fraction of sp³-hybridized carbons (Fsp3) is 0.185. The van der Waals surface area contributed by atoms with Crippen LogP contribution in [0.1, 0.15) is 27.8 Å². The van der Waals surface area contributed by atoms with Gasteiger partial charge in [-0.15, -0.1) is 0 Å². The standard InChI is InChI=1S/C27H24ClNO4S/c1-17-8-10-19(11-9-17)16-33-25-22(28)12-20(13-23(25)32-3)14-24-26(30)29(27(31)34-24)15-21-7-5-4-6-18(21)2/h4-14H,15-16H2,1-3H3/b24-14-. The predicted molar refractivity (Wildman–Crippen MR) is 136 cm³/mol. The van der Waals surface area contributed by atoms with Gasteiger partial charge in [0.05, 0.1) is 23.6 Å². The molecular weight excluding hydrogens is 470 g/mol. The Morgan fingerprint density at radius 2 is 1.76 bits per heavy atom. The normalized spacial score (nSPS) is 14.7. The molecule has 1 aliphatic heterocycles. The minimum absolute atomic E-state index is 0.241. The van der Waals surface area contributed by atoms with Crippen LogP contribution in [0.25, 0.3) is 6.08 Å². The zero-order chi connectivity index (χ0) is 24.2. The third-order valence-electron chi connectivity index (χ3n) is 5.52. The van der Waals surface area contributed by atoms with Gasteiger partial charge in [0.1, 0.15) is 6.61 Å². The Hall–Kier alpha value is -3.22. The van der Waals surface area contributed by atoms with E-state index in [-0.39, 0.29) is 17.7 Å². The molecule has 0 bridgehead atoms. The molecule has 5 nitrogen and oxygen atoms in total. The van der Waals surface area contributed by atoms with Crippen LogP contribution in [-0.4, -0.2) is 23.2 Å². The number of hydrogen-bond acceptors (Lipinski definition) is 5. The average molecular weight is 494 g/mol. The number of halogens is 1. The zero-order valence-corrected chi connectivity index (χ0v) is 20.7. The number of carbonyl (C=O) groups excluding carboxylic acids is 2. The number of benzene rings is 3. The topological polar surface area (TPSA) is 55.8 Å². The van der Waals surface area contributed by atoms with Gasteiger partial charge in [-0.1, -0.05) is 65.7 Å². The number of thioether (sulfide) groups is 1. The molecule has 0 radical (unpaired) electrons. The molecular formula is C27H24ClNO4S. The lowest BCUT2D eigenvalue weighted by molar-refractivity contribution is -0.123. The third kappa shape index (κ3) is 5.29. The average Bonchev–Trinajstić information content (AvgIpc) is 3.07. The third-order valence-corrected chi connectivity index (χ3v) is 6.70. The van der Waals surface area contributed by atoms with E-state index in [1.54, 1.807) is 18.2 Å². The summed E-state index contributed by atoms with van der Waals surface area (Å²) in [7, 11) is 1.53. The molecule has 4 rings (SSSR count). The quantitative estimate of drug-likeness (QED) is 0.339. The van der Waals surface area contributed by atoms with Crippen LogP contribution in [0.15, 0.2) is 65.6 Å². The second kappa shape index (κ2) is 10.4. The van der Waals surface area contributed by atoms with Gasteiger partial charge in [-0.05, 0) is 66.1 Å². The first-order valence-electron chi connectivity index (χ1n) is 10.7. The summed E-state index contributed by atoms with van der Waals surface area (Å²) >= 11 is 7.42. The van der Waals surface area contributed by atoms with Crippen LogP contribution in [0.4, 0.5) is 4.79 Å². The second-order valence-corrected chi connectivity index (χ2v) is 9.40. The van der Waals surface area contributed by atoms with E-state index in [0.717, 1.165) is 28.5 Å². The second-order valence-electron chi connectivity index (χ2n) is 8.00. The number of imide groups is 1. The molecule has 3 aromatic carbocycles. The van der Waals surface area contributed by atoms with E-state index in [0.29, 0.717) is 33.6 Å². The van der Waals surface area contributed by atoms with Crippen molar-refractivity contribution < 1.29 is 19.1 Å². The summed E-state index contributed by atoms with van der Waals surface area (Å²) in [6.07, 6.45) is 1.65. The molecule has 0 spiro atoms. The van der Waals surface area contributed by atoms with Crippen molar-refractivity contribution in [3.63, 3.8) is 0 Å². The first kappa shape index (κ1) is 23.9. The van der Waals surface area contributed by atoms with Crippen LogP contribution < -0.4 is 9.47 Å². The molecule has 2 amide bonds. The Morgan fingerprint density at radius 3 is 2.47 bits per heavy atom. The van der Waals surface area contributed by atoms with Crippen LogP contribution in [-0.2, 0) is 17.9 Å². The lowest BCUT2D eigenvalue weighted by atomic mass is 10.1. The summed E-state index contributed by atoms with van der Waals surface area (Å²) in [5.74, 6) is 0.549. The van der Waals surface area contributed by atoms with E-state index in [9.17, 15) is 9.59 Å². The molecule has 1 aliphatic rings.